The molecule has 2 N–H and O–H groups in total. The monoisotopic (exact) mass is 557 g/mol. The molecule has 8 heteroatoms. The van der Waals surface area contributed by atoms with Crippen LogP contribution in [0.4, 0.5) is 5.69 Å². The topological polar surface area (TPSA) is 97.0 Å². The number of ether oxygens (including phenoxy) is 2. The standard InChI is InChI=1S/C33H39N3O5/c1-4-40-24-15-13-23(14-16-24)34-30(37)27-26-17-18-33(41-26)28(27)32(39)36(19-22-11-9-20(2)10-12-22)29(33)31(38)35-25-8-6-5-7-21(25)3/h9-18,21,25-29H,4-8,19H2,1-3H3,(H,34,37)(H,35,38)/t21-,25+,26+,27-,28+,29+,33+/m1/s1. The fourth-order valence-corrected chi connectivity index (χ4v) is 7.15. The average Bonchev–Trinajstić information content (AvgIpc) is 3.60. The van der Waals surface area contributed by atoms with Crippen LogP contribution in [0.3, 0.4) is 0 Å². The van der Waals surface area contributed by atoms with E-state index < -0.39 is 29.6 Å². The summed E-state index contributed by atoms with van der Waals surface area (Å²) in [5, 5.41) is 6.26. The second kappa shape index (κ2) is 11.0. The number of nitrogens with one attached hydrogen (secondary N) is 2. The van der Waals surface area contributed by atoms with Gasteiger partial charge in [-0.05, 0) is 62.4 Å². The molecule has 6 rings (SSSR count). The third kappa shape index (κ3) is 4.92. The summed E-state index contributed by atoms with van der Waals surface area (Å²) in [5.41, 5.74) is 1.48. The van der Waals surface area contributed by atoms with Crippen LogP contribution in [0.25, 0.3) is 0 Å². The first-order valence-electron chi connectivity index (χ1n) is 14.9. The minimum absolute atomic E-state index is 0.0596. The van der Waals surface area contributed by atoms with Gasteiger partial charge in [0.15, 0.2) is 0 Å². The molecule has 0 unspecified atom stereocenters. The summed E-state index contributed by atoms with van der Waals surface area (Å²) >= 11 is 0. The third-order valence-corrected chi connectivity index (χ3v) is 9.27. The first kappa shape index (κ1) is 27.5. The number of hydrogen-bond donors (Lipinski definition) is 2. The van der Waals surface area contributed by atoms with Crippen LogP contribution in [0.15, 0.2) is 60.7 Å². The summed E-state index contributed by atoms with van der Waals surface area (Å²) in [4.78, 5) is 43.7. The molecule has 2 bridgehead atoms. The van der Waals surface area contributed by atoms with Crippen molar-refractivity contribution in [3.8, 4) is 5.75 Å². The molecule has 1 saturated carbocycles. The Labute approximate surface area is 241 Å². The number of anilines is 1. The molecular formula is C33H39N3O5. The summed E-state index contributed by atoms with van der Waals surface area (Å²) in [5.74, 6) is -1.16. The van der Waals surface area contributed by atoms with E-state index in [-0.39, 0.29) is 30.3 Å². The van der Waals surface area contributed by atoms with Crippen LogP contribution in [-0.4, -0.2) is 53.0 Å². The van der Waals surface area contributed by atoms with Gasteiger partial charge in [-0.15, -0.1) is 0 Å². The molecule has 1 aliphatic carbocycles. The number of carbonyl (C=O) groups excluding carboxylic acids is 3. The summed E-state index contributed by atoms with van der Waals surface area (Å²) < 4.78 is 12.0. The second-order valence-electron chi connectivity index (χ2n) is 12.0. The molecule has 0 radical (unpaired) electrons. The summed E-state index contributed by atoms with van der Waals surface area (Å²) in [6.45, 7) is 6.93. The van der Waals surface area contributed by atoms with Crippen molar-refractivity contribution in [2.24, 2.45) is 17.8 Å². The molecule has 0 aromatic heterocycles. The summed E-state index contributed by atoms with van der Waals surface area (Å²) in [7, 11) is 0. The molecular weight excluding hydrogens is 518 g/mol. The molecule has 3 aliphatic heterocycles. The number of hydrogen-bond acceptors (Lipinski definition) is 5. The maximum atomic E-state index is 14.2. The van der Waals surface area contributed by atoms with Gasteiger partial charge >= 0.3 is 0 Å². The maximum absolute atomic E-state index is 14.2. The van der Waals surface area contributed by atoms with E-state index in [1.807, 2.05) is 50.3 Å². The van der Waals surface area contributed by atoms with Gasteiger partial charge in [0.25, 0.3) is 0 Å². The second-order valence-corrected chi connectivity index (χ2v) is 12.0. The quantitative estimate of drug-likeness (QED) is 0.470. The SMILES string of the molecule is CCOc1ccc(NC(=O)[C@@H]2[C@@H]3C=C[C@]4(O3)[C@@H]2C(=O)N(Cc2ccc(C)cc2)[C@H]4C(=O)N[C@H]2CCCC[C@H]2C)cc1. The van der Waals surface area contributed by atoms with Crippen LogP contribution in [-0.2, 0) is 25.7 Å². The molecule has 2 aromatic rings. The number of amides is 3. The Morgan fingerprint density at radius 2 is 1.78 bits per heavy atom. The van der Waals surface area contributed by atoms with Crippen molar-refractivity contribution >= 4 is 23.4 Å². The molecule has 4 aliphatic rings. The molecule has 3 amide bonds. The fourth-order valence-electron chi connectivity index (χ4n) is 7.15. The van der Waals surface area contributed by atoms with Gasteiger partial charge in [0.2, 0.25) is 17.7 Å². The van der Waals surface area contributed by atoms with E-state index in [0.717, 1.165) is 36.1 Å². The van der Waals surface area contributed by atoms with Gasteiger partial charge in [0, 0.05) is 18.3 Å². The van der Waals surface area contributed by atoms with Crippen molar-refractivity contribution in [2.75, 3.05) is 11.9 Å². The van der Waals surface area contributed by atoms with E-state index in [1.54, 1.807) is 29.2 Å². The molecule has 41 heavy (non-hydrogen) atoms. The van der Waals surface area contributed by atoms with Gasteiger partial charge < -0.3 is 25.0 Å². The summed E-state index contributed by atoms with van der Waals surface area (Å²) in [6, 6.07) is 14.3. The number of carbonyl (C=O) groups is 3. The van der Waals surface area contributed by atoms with Gasteiger partial charge in [0.1, 0.15) is 17.4 Å². The van der Waals surface area contributed by atoms with Crippen molar-refractivity contribution in [1.82, 2.24) is 10.2 Å². The minimum atomic E-state index is -1.19. The Bertz CT molecular complexity index is 1340. The Morgan fingerprint density at radius 1 is 1.05 bits per heavy atom. The van der Waals surface area contributed by atoms with Gasteiger partial charge in [-0.1, -0.05) is 61.7 Å². The van der Waals surface area contributed by atoms with E-state index in [2.05, 4.69) is 17.6 Å². The van der Waals surface area contributed by atoms with E-state index in [1.165, 1.54) is 6.42 Å². The van der Waals surface area contributed by atoms with E-state index in [9.17, 15) is 14.4 Å². The van der Waals surface area contributed by atoms with Crippen LogP contribution in [0, 0.1) is 24.7 Å². The molecule has 216 valence electrons. The molecule has 2 saturated heterocycles. The molecule has 7 atom stereocenters. The van der Waals surface area contributed by atoms with E-state index >= 15 is 0 Å². The van der Waals surface area contributed by atoms with Crippen LogP contribution in [0.2, 0.25) is 0 Å². The Balaban J connectivity index is 1.29. The third-order valence-electron chi connectivity index (χ3n) is 9.27. The van der Waals surface area contributed by atoms with Gasteiger partial charge in [-0.25, -0.2) is 0 Å². The van der Waals surface area contributed by atoms with Crippen molar-refractivity contribution < 1.29 is 23.9 Å². The lowest BCUT2D eigenvalue weighted by Gasteiger charge is -2.36. The lowest BCUT2D eigenvalue weighted by atomic mass is 9.74. The maximum Gasteiger partial charge on any atom is 0.246 e. The first-order chi connectivity index (χ1) is 19.8. The van der Waals surface area contributed by atoms with Crippen molar-refractivity contribution in [3.63, 3.8) is 0 Å². The van der Waals surface area contributed by atoms with Crippen LogP contribution in [0.5, 0.6) is 5.75 Å². The smallest absolute Gasteiger partial charge is 0.246 e. The highest BCUT2D eigenvalue weighted by Gasteiger charge is 2.72. The predicted octanol–water partition coefficient (Wildman–Crippen LogP) is 4.38. The molecule has 2 aromatic carbocycles. The number of aryl methyl sites for hydroxylation is 1. The zero-order valence-corrected chi connectivity index (χ0v) is 24.0. The predicted molar refractivity (Wildman–Crippen MR) is 155 cm³/mol. The molecule has 1 spiro atoms. The van der Waals surface area contributed by atoms with Crippen molar-refractivity contribution in [3.05, 3.63) is 71.8 Å². The highest BCUT2D eigenvalue weighted by atomic mass is 16.5. The molecule has 3 fully saturated rings. The van der Waals surface area contributed by atoms with Crippen molar-refractivity contribution in [1.29, 1.82) is 0 Å². The average molecular weight is 558 g/mol. The van der Waals surface area contributed by atoms with Crippen LogP contribution >= 0.6 is 0 Å². The van der Waals surface area contributed by atoms with Crippen LogP contribution in [0.1, 0.15) is 50.7 Å². The normalized spacial score (nSPS) is 31.7. The Kier molecular flexibility index (Phi) is 7.36. The largest absolute Gasteiger partial charge is 0.494 e. The highest BCUT2D eigenvalue weighted by Crippen LogP contribution is 2.55. The van der Waals surface area contributed by atoms with E-state index in [4.69, 9.17) is 9.47 Å². The number of rotatable bonds is 8. The van der Waals surface area contributed by atoms with Gasteiger partial charge in [-0.3, -0.25) is 14.4 Å². The zero-order valence-electron chi connectivity index (χ0n) is 24.0. The minimum Gasteiger partial charge on any atom is -0.494 e. The molecule has 8 nitrogen and oxygen atoms in total. The Hall–Kier alpha value is -3.65. The van der Waals surface area contributed by atoms with Gasteiger partial charge in [0.05, 0.1) is 24.5 Å². The van der Waals surface area contributed by atoms with Gasteiger partial charge in [-0.2, -0.15) is 0 Å². The zero-order chi connectivity index (χ0) is 28.7. The van der Waals surface area contributed by atoms with Crippen LogP contribution < -0.4 is 15.4 Å². The van der Waals surface area contributed by atoms with Crippen molar-refractivity contribution in [2.45, 2.75) is 76.8 Å². The molecule has 3 heterocycles. The first-order valence-corrected chi connectivity index (χ1v) is 14.9. The highest BCUT2D eigenvalue weighted by molar-refractivity contribution is 6.02. The number of fused-ring (bicyclic) bond motifs is 1. The fraction of sp³-hybridized carbons (Fsp3) is 0.485. The number of benzene rings is 2. The number of nitrogens with zero attached hydrogens (tertiary/aromatic N) is 1. The Morgan fingerprint density at radius 3 is 2.49 bits per heavy atom. The lowest BCUT2D eigenvalue weighted by molar-refractivity contribution is -0.142. The summed E-state index contributed by atoms with van der Waals surface area (Å²) in [6.07, 6.45) is 7.38. The van der Waals surface area contributed by atoms with E-state index in [0.29, 0.717) is 18.2 Å². The lowest BCUT2D eigenvalue weighted by Crippen LogP contribution is -2.57. The number of likely N-dealkylation sites (tertiary alicyclic amines) is 1.